The van der Waals surface area contributed by atoms with Crippen molar-refractivity contribution in [2.75, 3.05) is 13.2 Å². The molecule has 1 N–H and O–H groups in total. The number of rotatable bonds is 10. The number of nitrogens with one attached hydrogen (secondary N) is 1. The van der Waals surface area contributed by atoms with Crippen molar-refractivity contribution >= 4 is 17.5 Å². The van der Waals surface area contributed by atoms with E-state index >= 15 is 0 Å². The van der Waals surface area contributed by atoms with Crippen LogP contribution in [-0.4, -0.2) is 36.3 Å². The van der Waals surface area contributed by atoms with Crippen molar-refractivity contribution in [3.05, 3.63) is 53.2 Å². The van der Waals surface area contributed by atoms with Crippen LogP contribution in [0.1, 0.15) is 32.3 Å². The van der Waals surface area contributed by atoms with Gasteiger partial charge in [-0.2, -0.15) is 0 Å². The van der Waals surface area contributed by atoms with Crippen molar-refractivity contribution in [1.82, 2.24) is 10.3 Å². The molecule has 0 aliphatic heterocycles. The van der Waals surface area contributed by atoms with Gasteiger partial charge in [0.25, 0.3) is 0 Å². The van der Waals surface area contributed by atoms with E-state index in [1.807, 2.05) is 37.3 Å². The van der Waals surface area contributed by atoms with E-state index in [9.17, 15) is 4.79 Å². The fourth-order valence-corrected chi connectivity index (χ4v) is 3.39. The van der Waals surface area contributed by atoms with E-state index < -0.39 is 0 Å². The summed E-state index contributed by atoms with van der Waals surface area (Å²) in [5.41, 5.74) is 1.07. The Morgan fingerprint density at radius 3 is 2.72 bits per heavy atom. The van der Waals surface area contributed by atoms with Crippen molar-refractivity contribution in [1.29, 1.82) is 0 Å². The average molecular weight is 419 g/mol. The summed E-state index contributed by atoms with van der Waals surface area (Å²) in [6.45, 7) is 4.93. The van der Waals surface area contributed by atoms with Gasteiger partial charge < -0.3 is 19.5 Å². The molecule has 0 bridgehead atoms. The molecular formula is C22H27ClN2O4. The smallest absolute Gasteiger partial charge is 0.236 e. The maximum Gasteiger partial charge on any atom is 0.236 e. The number of ether oxygens (including phenoxy) is 3. The van der Waals surface area contributed by atoms with Crippen LogP contribution in [0, 0.1) is 5.92 Å². The van der Waals surface area contributed by atoms with Gasteiger partial charge in [0.2, 0.25) is 11.8 Å². The van der Waals surface area contributed by atoms with Gasteiger partial charge in [0.15, 0.2) is 0 Å². The number of hydrogen-bond donors (Lipinski definition) is 1. The van der Waals surface area contributed by atoms with Crippen molar-refractivity contribution in [3.8, 4) is 11.6 Å². The quantitative estimate of drug-likeness (QED) is 0.631. The molecule has 0 saturated heterocycles. The summed E-state index contributed by atoms with van der Waals surface area (Å²) in [7, 11) is 0. The molecule has 29 heavy (non-hydrogen) atoms. The number of nitrogens with zero attached hydrogens (tertiary/aromatic N) is 1. The normalized spacial score (nSPS) is 19.1. The Kier molecular flexibility index (Phi) is 7.72. The Labute approximate surface area is 176 Å². The zero-order valence-electron chi connectivity index (χ0n) is 16.8. The lowest BCUT2D eigenvalue weighted by atomic mass is 9.83. The Balaban J connectivity index is 1.40. The highest BCUT2D eigenvalue weighted by molar-refractivity contribution is 6.33. The molecule has 1 heterocycles. The maximum atomic E-state index is 11.0. The van der Waals surface area contributed by atoms with Gasteiger partial charge in [0.05, 0.1) is 19.3 Å². The number of carbonyl (C=O) groups is 1. The van der Waals surface area contributed by atoms with Gasteiger partial charge in [-0.05, 0) is 31.2 Å². The first-order chi connectivity index (χ1) is 14.0. The largest absolute Gasteiger partial charge is 0.487 e. The fraction of sp³-hybridized carbons (Fsp3) is 0.455. The van der Waals surface area contributed by atoms with Crippen molar-refractivity contribution in [2.24, 2.45) is 5.92 Å². The van der Waals surface area contributed by atoms with Crippen molar-refractivity contribution in [3.63, 3.8) is 0 Å². The minimum Gasteiger partial charge on any atom is -0.487 e. The van der Waals surface area contributed by atoms with E-state index in [-0.39, 0.29) is 18.1 Å². The first-order valence-corrected chi connectivity index (χ1v) is 10.2. The number of halogens is 1. The monoisotopic (exact) mass is 418 g/mol. The summed E-state index contributed by atoms with van der Waals surface area (Å²) in [5, 5.41) is 3.20. The number of pyridine rings is 1. The van der Waals surface area contributed by atoms with E-state index in [1.165, 1.54) is 6.92 Å². The van der Waals surface area contributed by atoms with Crippen LogP contribution in [-0.2, 0) is 16.1 Å². The van der Waals surface area contributed by atoms with Crippen molar-refractivity contribution in [2.45, 2.75) is 45.4 Å². The molecule has 1 aromatic heterocycles. The predicted octanol–water partition coefficient (Wildman–Crippen LogP) is 4.01. The van der Waals surface area contributed by atoms with Crippen LogP contribution in [0.3, 0.4) is 0 Å². The Morgan fingerprint density at radius 1 is 1.24 bits per heavy atom. The van der Waals surface area contributed by atoms with Crippen LogP contribution in [0.25, 0.3) is 0 Å². The molecule has 6 nitrogen and oxygen atoms in total. The highest BCUT2D eigenvalue weighted by atomic mass is 35.5. The van der Waals surface area contributed by atoms with Crippen LogP contribution in [0.15, 0.2) is 42.6 Å². The third-order valence-electron chi connectivity index (χ3n) is 4.74. The van der Waals surface area contributed by atoms with Gasteiger partial charge >= 0.3 is 0 Å². The van der Waals surface area contributed by atoms with Gasteiger partial charge in [-0.3, -0.25) is 4.79 Å². The fourth-order valence-electron chi connectivity index (χ4n) is 3.17. The summed E-state index contributed by atoms with van der Waals surface area (Å²) in [6.07, 6.45) is 3.70. The lowest BCUT2D eigenvalue weighted by molar-refractivity contribution is -0.120. The first-order valence-electron chi connectivity index (χ1n) is 9.84. The predicted molar refractivity (Wildman–Crippen MR) is 111 cm³/mol. The highest BCUT2D eigenvalue weighted by Gasteiger charge is 2.31. The van der Waals surface area contributed by atoms with Gasteiger partial charge in [0, 0.05) is 25.2 Å². The van der Waals surface area contributed by atoms with E-state index in [4.69, 9.17) is 25.8 Å². The molecule has 0 radical (unpaired) electrons. The van der Waals surface area contributed by atoms with E-state index in [1.54, 1.807) is 12.3 Å². The number of hydrogen-bond acceptors (Lipinski definition) is 5. The molecule has 1 aliphatic carbocycles. The average Bonchev–Trinajstić information content (AvgIpc) is 2.66. The summed E-state index contributed by atoms with van der Waals surface area (Å²) in [5.74, 6) is 1.31. The first kappa shape index (κ1) is 21.4. The molecule has 156 valence electrons. The molecule has 0 spiro atoms. The lowest BCUT2D eigenvalue weighted by Crippen LogP contribution is -2.40. The SMILES string of the molecule is CC(=O)N[C@@H](C)COC1CC(COc2nccc(OCc3ccccc3)c2Cl)C1. The number of benzene rings is 1. The molecule has 1 fully saturated rings. The third-order valence-corrected chi connectivity index (χ3v) is 5.09. The number of aromatic nitrogens is 1. The standard InChI is InChI=1S/C22H27ClN2O4/c1-15(25-16(2)26)12-27-19-10-18(11-19)14-29-22-21(23)20(8-9-24-22)28-13-17-6-4-3-5-7-17/h3-9,15,18-19H,10-14H2,1-2H3,(H,25,26)/t15-,18?,19?/m0/s1. The zero-order chi connectivity index (χ0) is 20.6. The highest BCUT2D eigenvalue weighted by Crippen LogP contribution is 2.35. The molecule has 3 rings (SSSR count). The van der Waals surface area contributed by atoms with E-state index in [0.717, 1.165) is 18.4 Å². The van der Waals surface area contributed by atoms with Crippen LogP contribution >= 0.6 is 11.6 Å². The van der Waals surface area contributed by atoms with Crippen molar-refractivity contribution < 1.29 is 19.0 Å². The van der Waals surface area contributed by atoms with Gasteiger partial charge in [-0.25, -0.2) is 4.98 Å². The minimum atomic E-state index is -0.0413. The summed E-state index contributed by atoms with van der Waals surface area (Å²) in [4.78, 5) is 15.2. The van der Waals surface area contributed by atoms with Crippen LogP contribution in [0.2, 0.25) is 5.02 Å². The van der Waals surface area contributed by atoms with Gasteiger partial charge in [0.1, 0.15) is 17.4 Å². The van der Waals surface area contributed by atoms with Gasteiger partial charge in [-0.1, -0.05) is 41.9 Å². The van der Waals surface area contributed by atoms with Crippen LogP contribution in [0.5, 0.6) is 11.6 Å². The Hall–Kier alpha value is -2.31. The zero-order valence-corrected chi connectivity index (χ0v) is 17.5. The second-order valence-electron chi connectivity index (χ2n) is 7.41. The molecule has 1 aliphatic rings. The molecule has 7 heteroatoms. The molecule has 0 unspecified atom stereocenters. The molecule has 1 amide bonds. The molecule has 1 saturated carbocycles. The molecular weight excluding hydrogens is 392 g/mol. The summed E-state index contributed by atoms with van der Waals surface area (Å²) in [6, 6.07) is 11.7. The molecule has 1 aromatic carbocycles. The Morgan fingerprint density at radius 2 is 2.00 bits per heavy atom. The van der Waals surface area contributed by atoms with E-state index in [2.05, 4.69) is 10.3 Å². The maximum absolute atomic E-state index is 11.0. The third kappa shape index (κ3) is 6.61. The molecule has 1 atom stereocenters. The summed E-state index contributed by atoms with van der Waals surface area (Å²) < 4.78 is 17.4. The summed E-state index contributed by atoms with van der Waals surface area (Å²) >= 11 is 6.40. The van der Waals surface area contributed by atoms with Gasteiger partial charge in [-0.15, -0.1) is 0 Å². The van der Waals surface area contributed by atoms with E-state index in [0.29, 0.717) is 42.4 Å². The van der Waals surface area contributed by atoms with Crippen LogP contribution < -0.4 is 14.8 Å². The second kappa shape index (κ2) is 10.5. The lowest BCUT2D eigenvalue weighted by Gasteiger charge is -2.35. The Bertz CT molecular complexity index is 797. The minimum absolute atomic E-state index is 0.0180. The number of amides is 1. The molecule has 2 aromatic rings. The second-order valence-corrected chi connectivity index (χ2v) is 7.79. The number of carbonyl (C=O) groups excluding carboxylic acids is 1. The van der Waals surface area contributed by atoms with Crippen LogP contribution in [0.4, 0.5) is 0 Å². The topological polar surface area (TPSA) is 69.7 Å².